The fraction of sp³-hybridized carbons (Fsp3) is 0.400. The average Bonchev–Trinajstić information content (AvgIpc) is 3.78. The van der Waals surface area contributed by atoms with Crippen LogP contribution in [0.25, 0.3) is 0 Å². The maximum Gasteiger partial charge on any atom is 0.323 e. The number of hydrogen-bond acceptors (Lipinski definition) is 10. The number of carbonyl (C=O) groups excluding carboxylic acids is 3. The Morgan fingerprint density at radius 3 is 2.31 bits per heavy atom. The highest BCUT2D eigenvalue weighted by atomic mass is 35.5. The summed E-state index contributed by atoms with van der Waals surface area (Å²) in [5.41, 5.74) is 0.111. The van der Waals surface area contributed by atoms with E-state index in [1.807, 2.05) is 24.3 Å². The van der Waals surface area contributed by atoms with Crippen molar-refractivity contribution in [1.82, 2.24) is 30.3 Å². The van der Waals surface area contributed by atoms with Crippen LogP contribution in [0.5, 0.6) is 6.01 Å². The van der Waals surface area contributed by atoms with Gasteiger partial charge >= 0.3 is 6.01 Å². The minimum Gasteiger partial charge on any atom is -0.460 e. The molecule has 0 spiro atoms. The van der Waals surface area contributed by atoms with Crippen LogP contribution in [-0.2, 0) is 15.1 Å². The maximum absolute atomic E-state index is 14.2. The Balaban J connectivity index is 1.35. The first-order valence-corrected chi connectivity index (χ1v) is 15.9. The molecule has 1 heterocycles. The van der Waals surface area contributed by atoms with Gasteiger partial charge in [-0.3, -0.25) is 19.1 Å². The van der Waals surface area contributed by atoms with E-state index >= 15 is 0 Å². The second kappa shape index (κ2) is 15.2. The zero-order chi connectivity index (χ0) is 32.5. The molecular formula is C30H36ClFN8O4S. The smallest absolute Gasteiger partial charge is 0.323 e. The summed E-state index contributed by atoms with van der Waals surface area (Å²) in [5.74, 6) is -0.418. The minimum atomic E-state index is -1.59. The fourth-order valence-corrected chi connectivity index (χ4v) is 4.59. The van der Waals surface area contributed by atoms with Gasteiger partial charge in [0.25, 0.3) is 5.91 Å². The number of rotatable bonds is 16. The quantitative estimate of drug-likeness (QED) is 0.109. The number of benzene rings is 2. The van der Waals surface area contributed by atoms with Gasteiger partial charge in [-0.2, -0.15) is 15.0 Å². The summed E-state index contributed by atoms with van der Waals surface area (Å²) in [6.07, 6.45) is 4.04. The van der Waals surface area contributed by atoms with E-state index in [-0.39, 0.29) is 60.7 Å². The van der Waals surface area contributed by atoms with Gasteiger partial charge in [0.05, 0.1) is 12.1 Å². The van der Waals surface area contributed by atoms with Crippen LogP contribution in [0.15, 0.2) is 48.5 Å². The Labute approximate surface area is 270 Å². The van der Waals surface area contributed by atoms with Gasteiger partial charge in [0.15, 0.2) is 0 Å². The maximum atomic E-state index is 14.2. The normalized spacial score (nSPS) is 13.4. The van der Waals surface area contributed by atoms with E-state index in [9.17, 15) is 18.8 Å². The summed E-state index contributed by atoms with van der Waals surface area (Å²) in [4.78, 5) is 49.0. The molecule has 3 aromatic rings. The number of carbonyl (C=O) groups is 3. The van der Waals surface area contributed by atoms with E-state index < -0.39 is 5.67 Å². The number of ether oxygens (including phenoxy) is 1. The van der Waals surface area contributed by atoms with E-state index in [1.165, 1.54) is 13.8 Å². The molecule has 1 aliphatic rings. The third kappa shape index (κ3) is 10.7. The largest absolute Gasteiger partial charge is 0.460 e. The molecule has 15 heteroatoms. The van der Waals surface area contributed by atoms with Gasteiger partial charge < -0.3 is 26.0 Å². The molecule has 240 valence electrons. The second-order valence-electron chi connectivity index (χ2n) is 11.1. The first kappa shape index (κ1) is 33.7. The molecule has 0 atom stereocenters. The van der Waals surface area contributed by atoms with Crippen molar-refractivity contribution in [2.24, 2.45) is 0 Å². The fourth-order valence-electron chi connectivity index (χ4n) is 4.17. The summed E-state index contributed by atoms with van der Waals surface area (Å²) in [6.45, 7) is 2.75. The Bertz CT molecular complexity index is 1480. The van der Waals surface area contributed by atoms with Crippen LogP contribution in [0.4, 0.5) is 22.0 Å². The molecule has 3 amide bonds. The first-order valence-electron chi connectivity index (χ1n) is 14.3. The molecule has 0 aliphatic heterocycles. The Morgan fingerprint density at radius 2 is 1.67 bits per heavy atom. The Kier molecular flexibility index (Phi) is 11.4. The van der Waals surface area contributed by atoms with Crippen molar-refractivity contribution >= 4 is 58.9 Å². The van der Waals surface area contributed by atoms with E-state index in [0.717, 1.165) is 30.4 Å². The Morgan fingerprint density at radius 1 is 0.978 bits per heavy atom. The van der Waals surface area contributed by atoms with Crippen LogP contribution in [0, 0.1) is 0 Å². The van der Waals surface area contributed by atoms with Crippen molar-refractivity contribution in [1.29, 1.82) is 0 Å². The SMILES string of the molecule is CSNC(=O)CNC(=O)CCCNC(=O)c1ccc(Nc2nc(NC3(c4ccc(Cl)cc4)CC3)nc(OCC(C)(C)F)n2)cc1. The number of nitrogens with one attached hydrogen (secondary N) is 5. The minimum absolute atomic E-state index is 0.0412. The van der Waals surface area contributed by atoms with Crippen LogP contribution >= 0.6 is 23.5 Å². The van der Waals surface area contributed by atoms with Crippen molar-refractivity contribution in [3.05, 3.63) is 64.7 Å². The van der Waals surface area contributed by atoms with Crippen molar-refractivity contribution in [2.75, 3.05) is 36.6 Å². The van der Waals surface area contributed by atoms with Gasteiger partial charge in [0.1, 0.15) is 12.3 Å². The van der Waals surface area contributed by atoms with E-state index in [1.54, 1.807) is 30.5 Å². The lowest BCUT2D eigenvalue weighted by Crippen LogP contribution is -2.34. The van der Waals surface area contributed by atoms with Crippen molar-refractivity contribution < 1.29 is 23.5 Å². The van der Waals surface area contributed by atoms with Gasteiger partial charge in [0.2, 0.25) is 23.7 Å². The molecule has 1 aromatic heterocycles. The number of alkyl halides is 1. The third-order valence-corrected chi connectivity index (χ3v) is 7.27. The molecule has 45 heavy (non-hydrogen) atoms. The van der Waals surface area contributed by atoms with Crippen LogP contribution in [-0.4, -0.2) is 64.3 Å². The summed E-state index contributed by atoms with van der Waals surface area (Å²) < 4.78 is 22.3. The summed E-state index contributed by atoms with van der Waals surface area (Å²) in [7, 11) is 0. The summed E-state index contributed by atoms with van der Waals surface area (Å²) in [5, 5.41) is 12.4. The van der Waals surface area contributed by atoms with Crippen LogP contribution in [0.1, 0.15) is 55.5 Å². The topological polar surface area (TPSA) is 159 Å². The average molecular weight is 659 g/mol. The molecule has 12 nitrogen and oxygen atoms in total. The third-order valence-electron chi connectivity index (χ3n) is 6.59. The first-order chi connectivity index (χ1) is 21.4. The predicted molar refractivity (Wildman–Crippen MR) is 172 cm³/mol. The van der Waals surface area contributed by atoms with Gasteiger partial charge in [0, 0.05) is 35.5 Å². The summed E-state index contributed by atoms with van der Waals surface area (Å²) >= 11 is 7.23. The molecule has 2 aromatic carbocycles. The van der Waals surface area contributed by atoms with Gasteiger partial charge in [-0.15, -0.1) is 0 Å². The lowest BCUT2D eigenvalue weighted by atomic mass is 10.1. The van der Waals surface area contributed by atoms with Crippen LogP contribution in [0.2, 0.25) is 5.02 Å². The lowest BCUT2D eigenvalue weighted by Gasteiger charge is -2.19. The summed E-state index contributed by atoms with van der Waals surface area (Å²) in [6, 6.07) is 14.2. The van der Waals surface area contributed by atoms with Crippen molar-refractivity contribution in [3.63, 3.8) is 0 Å². The lowest BCUT2D eigenvalue weighted by molar-refractivity contribution is -0.125. The standard InChI is InChI=1S/C30H36ClFN8O4S/c1-29(2,32)18-44-28-37-26(36-27(38-28)39-30(14-15-30)20-8-10-21(31)11-9-20)35-22-12-6-19(7-13-22)25(43)33-16-4-5-23(41)34-17-24(42)40-45-3/h6-13H,4-5,14-18H2,1-3H3,(H,33,43)(H,34,41)(H,40,42)(H2,35,36,37,38,39). The van der Waals surface area contributed by atoms with Crippen LogP contribution < -0.4 is 30.7 Å². The number of aromatic nitrogens is 3. The van der Waals surface area contributed by atoms with E-state index in [2.05, 4.69) is 40.9 Å². The zero-order valence-electron chi connectivity index (χ0n) is 25.2. The molecule has 0 bridgehead atoms. The second-order valence-corrected chi connectivity index (χ2v) is 12.1. The van der Waals surface area contributed by atoms with Gasteiger partial charge in [-0.05, 0) is 75.1 Å². The number of anilines is 3. The molecular weight excluding hydrogens is 623 g/mol. The highest BCUT2D eigenvalue weighted by Gasteiger charge is 2.45. The van der Waals surface area contributed by atoms with Gasteiger partial charge in [-0.25, -0.2) is 4.39 Å². The highest BCUT2D eigenvalue weighted by molar-refractivity contribution is 7.97. The highest BCUT2D eigenvalue weighted by Crippen LogP contribution is 2.48. The molecule has 1 fully saturated rings. The number of hydrogen-bond donors (Lipinski definition) is 5. The van der Waals surface area contributed by atoms with Gasteiger partial charge in [-0.1, -0.05) is 35.7 Å². The molecule has 4 rings (SSSR count). The van der Waals surface area contributed by atoms with E-state index in [4.69, 9.17) is 16.3 Å². The van der Waals surface area contributed by atoms with Crippen molar-refractivity contribution in [2.45, 2.75) is 50.7 Å². The van der Waals surface area contributed by atoms with E-state index in [0.29, 0.717) is 29.2 Å². The molecule has 0 radical (unpaired) electrons. The predicted octanol–water partition coefficient (Wildman–Crippen LogP) is 4.52. The number of halogens is 2. The van der Waals surface area contributed by atoms with Crippen molar-refractivity contribution in [3.8, 4) is 6.01 Å². The van der Waals surface area contributed by atoms with Crippen LogP contribution in [0.3, 0.4) is 0 Å². The number of amides is 3. The zero-order valence-corrected chi connectivity index (χ0v) is 26.8. The molecule has 0 saturated heterocycles. The number of nitrogens with zero attached hydrogens (tertiary/aromatic N) is 3. The monoisotopic (exact) mass is 658 g/mol. The molecule has 1 saturated carbocycles. The Hall–Kier alpha value is -4.17. The molecule has 0 unspecified atom stereocenters. The molecule has 1 aliphatic carbocycles. The molecule has 5 N–H and O–H groups in total.